The molecule has 0 heterocycles. The molecule has 0 aliphatic rings. The Morgan fingerprint density at radius 2 is 2.30 bits per heavy atom. The van der Waals surface area contributed by atoms with Gasteiger partial charge in [-0.1, -0.05) is 13.3 Å². The Hall–Kier alpha value is -0.0800. The SMILES string of the molecule is CCC[C@@H](CO)CC(=O)Cl. The molecule has 0 amide bonds. The van der Waals surface area contributed by atoms with E-state index in [0.717, 1.165) is 12.8 Å². The minimum Gasteiger partial charge on any atom is -0.396 e. The van der Waals surface area contributed by atoms with Gasteiger partial charge in [0.05, 0.1) is 0 Å². The lowest BCUT2D eigenvalue weighted by molar-refractivity contribution is -0.112. The molecule has 0 saturated carbocycles. The molecule has 10 heavy (non-hydrogen) atoms. The summed E-state index contributed by atoms with van der Waals surface area (Å²) < 4.78 is 0. The minimum atomic E-state index is -0.354. The third-order valence-corrected chi connectivity index (χ3v) is 1.56. The van der Waals surface area contributed by atoms with E-state index in [1.165, 1.54) is 0 Å². The van der Waals surface area contributed by atoms with Crippen molar-refractivity contribution in [2.24, 2.45) is 5.92 Å². The van der Waals surface area contributed by atoms with Gasteiger partial charge in [0.1, 0.15) is 0 Å². The zero-order valence-corrected chi connectivity index (χ0v) is 6.90. The Morgan fingerprint density at radius 3 is 2.60 bits per heavy atom. The topological polar surface area (TPSA) is 37.3 Å². The number of halogens is 1. The summed E-state index contributed by atoms with van der Waals surface area (Å²) in [6.45, 7) is 2.08. The Kier molecular flexibility index (Phi) is 5.64. The molecule has 0 aromatic heterocycles. The van der Waals surface area contributed by atoms with Gasteiger partial charge >= 0.3 is 0 Å². The van der Waals surface area contributed by atoms with Crippen molar-refractivity contribution in [1.82, 2.24) is 0 Å². The second-order valence-electron chi connectivity index (χ2n) is 2.40. The summed E-state index contributed by atoms with van der Waals surface area (Å²) in [7, 11) is 0. The summed E-state index contributed by atoms with van der Waals surface area (Å²) in [5.41, 5.74) is 0. The van der Waals surface area contributed by atoms with Crippen molar-refractivity contribution in [3.8, 4) is 0 Å². The van der Waals surface area contributed by atoms with E-state index in [0.29, 0.717) is 6.42 Å². The smallest absolute Gasteiger partial charge is 0.221 e. The first-order valence-corrected chi connectivity index (χ1v) is 3.87. The van der Waals surface area contributed by atoms with Crippen molar-refractivity contribution in [2.75, 3.05) is 6.61 Å². The van der Waals surface area contributed by atoms with Crippen LogP contribution < -0.4 is 0 Å². The number of carbonyl (C=O) groups excluding carboxylic acids is 1. The van der Waals surface area contributed by atoms with E-state index in [-0.39, 0.29) is 17.8 Å². The van der Waals surface area contributed by atoms with Gasteiger partial charge in [0.15, 0.2) is 0 Å². The Bertz CT molecular complexity index is 104. The average Bonchev–Trinajstić information content (AvgIpc) is 1.86. The van der Waals surface area contributed by atoms with E-state index < -0.39 is 0 Å². The van der Waals surface area contributed by atoms with Gasteiger partial charge in [0, 0.05) is 13.0 Å². The summed E-state index contributed by atoms with van der Waals surface area (Å²) in [6.07, 6.45) is 2.15. The van der Waals surface area contributed by atoms with Crippen LogP contribution in [0.3, 0.4) is 0 Å². The number of aliphatic hydroxyl groups excluding tert-OH is 1. The molecular formula is C7H13ClO2. The van der Waals surface area contributed by atoms with Gasteiger partial charge in [0.2, 0.25) is 5.24 Å². The van der Waals surface area contributed by atoms with Gasteiger partial charge in [-0.05, 0) is 23.9 Å². The van der Waals surface area contributed by atoms with Crippen molar-refractivity contribution in [3.63, 3.8) is 0 Å². The molecule has 0 aliphatic carbocycles. The second-order valence-corrected chi connectivity index (χ2v) is 2.82. The standard InChI is InChI=1S/C7H13ClO2/c1-2-3-6(5-9)4-7(8)10/h6,9H,2-5H2,1H3/t6-/m1/s1. The molecular weight excluding hydrogens is 152 g/mol. The summed E-state index contributed by atoms with van der Waals surface area (Å²) in [6, 6.07) is 0. The molecule has 0 aromatic carbocycles. The molecule has 0 rings (SSSR count). The highest BCUT2D eigenvalue weighted by molar-refractivity contribution is 6.63. The van der Waals surface area contributed by atoms with Crippen molar-refractivity contribution < 1.29 is 9.90 Å². The van der Waals surface area contributed by atoms with Crippen LogP contribution >= 0.6 is 11.6 Å². The van der Waals surface area contributed by atoms with Crippen molar-refractivity contribution >= 4 is 16.8 Å². The van der Waals surface area contributed by atoms with E-state index in [4.69, 9.17) is 16.7 Å². The number of rotatable bonds is 5. The predicted octanol–water partition coefficient (Wildman–Crippen LogP) is 1.55. The summed E-state index contributed by atoms with van der Waals surface area (Å²) in [5, 5.41) is 8.34. The third kappa shape index (κ3) is 4.77. The first-order chi connectivity index (χ1) is 4.70. The molecule has 0 aliphatic heterocycles. The van der Waals surface area contributed by atoms with Gasteiger partial charge in [-0.2, -0.15) is 0 Å². The highest BCUT2D eigenvalue weighted by Gasteiger charge is 2.09. The van der Waals surface area contributed by atoms with Gasteiger partial charge in [-0.15, -0.1) is 0 Å². The molecule has 3 heteroatoms. The molecule has 0 saturated heterocycles. The van der Waals surface area contributed by atoms with E-state index in [2.05, 4.69) is 0 Å². The van der Waals surface area contributed by atoms with Crippen molar-refractivity contribution in [3.05, 3.63) is 0 Å². The average molecular weight is 165 g/mol. The van der Waals surface area contributed by atoms with Crippen LogP contribution in [0.15, 0.2) is 0 Å². The van der Waals surface area contributed by atoms with E-state index in [1.807, 2.05) is 6.92 Å². The number of hydrogen-bond donors (Lipinski definition) is 1. The quantitative estimate of drug-likeness (QED) is 0.626. The van der Waals surface area contributed by atoms with Crippen LogP contribution in [0, 0.1) is 5.92 Å². The third-order valence-electron chi connectivity index (χ3n) is 1.40. The molecule has 0 radical (unpaired) electrons. The highest BCUT2D eigenvalue weighted by atomic mass is 35.5. The van der Waals surface area contributed by atoms with E-state index in [9.17, 15) is 4.79 Å². The fraction of sp³-hybridized carbons (Fsp3) is 0.857. The molecule has 1 atom stereocenters. The van der Waals surface area contributed by atoms with Crippen LogP contribution in [-0.2, 0) is 4.79 Å². The Labute approximate surface area is 66.2 Å². The summed E-state index contributed by atoms with van der Waals surface area (Å²) >= 11 is 5.14. The van der Waals surface area contributed by atoms with Gasteiger partial charge < -0.3 is 5.11 Å². The largest absolute Gasteiger partial charge is 0.396 e. The minimum absolute atomic E-state index is 0.0618. The fourth-order valence-electron chi connectivity index (χ4n) is 0.893. The maximum absolute atomic E-state index is 10.3. The lowest BCUT2D eigenvalue weighted by Crippen LogP contribution is -2.08. The van der Waals surface area contributed by atoms with Crippen LogP contribution in [0.25, 0.3) is 0 Å². The molecule has 2 nitrogen and oxygen atoms in total. The van der Waals surface area contributed by atoms with Gasteiger partial charge in [0.25, 0.3) is 0 Å². The second kappa shape index (κ2) is 5.69. The maximum Gasteiger partial charge on any atom is 0.221 e. The van der Waals surface area contributed by atoms with Crippen LogP contribution in [0.1, 0.15) is 26.2 Å². The predicted molar refractivity (Wildman–Crippen MR) is 41.0 cm³/mol. The number of carbonyl (C=O) groups is 1. The van der Waals surface area contributed by atoms with Crippen LogP contribution in [0.2, 0.25) is 0 Å². The van der Waals surface area contributed by atoms with E-state index in [1.54, 1.807) is 0 Å². The number of aliphatic hydroxyl groups is 1. The van der Waals surface area contributed by atoms with Gasteiger partial charge in [-0.3, -0.25) is 4.79 Å². The van der Waals surface area contributed by atoms with Crippen LogP contribution in [-0.4, -0.2) is 17.0 Å². The Balaban J connectivity index is 3.49. The molecule has 0 bridgehead atoms. The van der Waals surface area contributed by atoms with Crippen molar-refractivity contribution in [1.29, 1.82) is 0 Å². The zero-order valence-electron chi connectivity index (χ0n) is 6.14. The normalized spacial score (nSPS) is 13.1. The summed E-state index contributed by atoms with van der Waals surface area (Å²) in [5.74, 6) is 0.0648. The van der Waals surface area contributed by atoms with Crippen LogP contribution in [0.5, 0.6) is 0 Å². The molecule has 60 valence electrons. The zero-order chi connectivity index (χ0) is 7.98. The molecule has 0 aromatic rings. The fourth-order valence-corrected chi connectivity index (χ4v) is 1.11. The van der Waals surface area contributed by atoms with Crippen LogP contribution in [0.4, 0.5) is 0 Å². The van der Waals surface area contributed by atoms with Gasteiger partial charge in [-0.25, -0.2) is 0 Å². The van der Waals surface area contributed by atoms with E-state index >= 15 is 0 Å². The van der Waals surface area contributed by atoms with Crippen molar-refractivity contribution in [2.45, 2.75) is 26.2 Å². The first kappa shape index (κ1) is 9.92. The summed E-state index contributed by atoms with van der Waals surface area (Å²) in [4.78, 5) is 10.3. The number of hydrogen-bond acceptors (Lipinski definition) is 2. The molecule has 0 unspecified atom stereocenters. The first-order valence-electron chi connectivity index (χ1n) is 3.49. The lowest BCUT2D eigenvalue weighted by atomic mass is 10.0. The Morgan fingerprint density at radius 1 is 1.70 bits per heavy atom. The maximum atomic E-state index is 10.3. The molecule has 0 spiro atoms. The lowest BCUT2D eigenvalue weighted by Gasteiger charge is -2.08. The highest BCUT2D eigenvalue weighted by Crippen LogP contribution is 2.11. The molecule has 1 N–H and O–H groups in total. The monoisotopic (exact) mass is 164 g/mol. The molecule has 0 fully saturated rings.